The van der Waals surface area contributed by atoms with Gasteiger partial charge in [-0.15, -0.1) is 0 Å². The van der Waals surface area contributed by atoms with Gasteiger partial charge in [0.1, 0.15) is 18.8 Å². The highest BCUT2D eigenvalue weighted by Gasteiger charge is 2.42. The monoisotopic (exact) mass is 652 g/mol. The number of amides is 2. The van der Waals surface area contributed by atoms with Gasteiger partial charge in [0.25, 0.3) is 5.91 Å². The minimum atomic E-state index is -1.66. The van der Waals surface area contributed by atoms with E-state index in [2.05, 4.69) is 11.9 Å². The van der Waals surface area contributed by atoms with Crippen molar-refractivity contribution in [1.82, 2.24) is 4.90 Å². The predicted molar refractivity (Wildman–Crippen MR) is 169 cm³/mol. The van der Waals surface area contributed by atoms with Crippen LogP contribution in [0.5, 0.6) is 11.5 Å². The van der Waals surface area contributed by atoms with Crippen LogP contribution < -0.4 is 14.8 Å². The van der Waals surface area contributed by atoms with Gasteiger partial charge in [0.2, 0.25) is 5.78 Å². The summed E-state index contributed by atoms with van der Waals surface area (Å²) in [5, 5.41) is 11.3. The summed E-state index contributed by atoms with van der Waals surface area (Å²) in [6.45, 7) is 6.07. The molecule has 1 saturated heterocycles. The molecule has 1 aliphatic heterocycles. The van der Waals surface area contributed by atoms with Crippen molar-refractivity contribution in [2.45, 2.75) is 58.1 Å². The fourth-order valence-electron chi connectivity index (χ4n) is 5.06. The molecule has 1 heterocycles. The summed E-state index contributed by atoms with van der Waals surface area (Å²) in [5.41, 5.74) is 0.140. The van der Waals surface area contributed by atoms with Crippen LogP contribution in [0.4, 0.5) is 5.69 Å². The predicted octanol–water partition coefficient (Wildman–Crippen LogP) is 3.65. The first kappa shape index (κ1) is 36.3. The van der Waals surface area contributed by atoms with Crippen LogP contribution in [-0.2, 0) is 44.7 Å². The third-order valence-corrected chi connectivity index (χ3v) is 7.70. The molecule has 1 fully saturated rings. The Labute approximate surface area is 272 Å². The highest BCUT2D eigenvalue weighted by atomic mass is 16.5. The zero-order valence-corrected chi connectivity index (χ0v) is 26.9. The smallest absolute Gasteiger partial charge is 0.394 e. The summed E-state index contributed by atoms with van der Waals surface area (Å²) in [5.74, 6) is -5.00. The van der Waals surface area contributed by atoms with Crippen molar-refractivity contribution in [3.8, 4) is 11.5 Å². The number of hydrogen-bond donors (Lipinski definition) is 2. The summed E-state index contributed by atoms with van der Waals surface area (Å²) in [6.07, 6.45) is 2.19. The van der Waals surface area contributed by atoms with Crippen LogP contribution in [0.1, 0.15) is 56.8 Å². The summed E-state index contributed by atoms with van der Waals surface area (Å²) in [6, 6.07) is 10.6. The minimum Gasteiger partial charge on any atom is -0.493 e. The molecule has 252 valence electrons. The highest BCUT2D eigenvalue weighted by molar-refractivity contribution is 6.38. The number of likely N-dealkylation sites (tertiary alicyclic amines) is 1. The molecule has 3 rings (SSSR count). The lowest BCUT2D eigenvalue weighted by atomic mass is 9.87. The maximum Gasteiger partial charge on any atom is 0.394 e. The number of carbonyl (C=O) groups excluding carboxylic acids is 5. The second kappa shape index (κ2) is 16.4. The third-order valence-electron chi connectivity index (χ3n) is 7.70. The molecule has 0 spiro atoms. The van der Waals surface area contributed by atoms with Gasteiger partial charge in [-0.05, 0) is 81.3 Å². The van der Waals surface area contributed by atoms with E-state index in [0.29, 0.717) is 36.3 Å². The van der Waals surface area contributed by atoms with Gasteiger partial charge in [-0.25, -0.2) is 14.4 Å². The normalized spacial score (nSPS) is 15.1. The van der Waals surface area contributed by atoms with Crippen molar-refractivity contribution in [3.05, 3.63) is 66.2 Å². The van der Waals surface area contributed by atoms with Gasteiger partial charge in [-0.2, -0.15) is 0 Å². The molecule has 2 N–H and O–H groups in total. The van der Waals surface area contributed by atoms with Crippen LogP contribution >= 0.6 is 0 Å². The number of hydrogen-bond acceptors (Lipinski definition) is 10. The number of ketones is 1. The Kier molecular flexibility index (Phi) is 12.6. The van der Waals surface area contributed by atoms with Gasteiger partial charge < -0.3 is 34.3 Å². The molecule has 0 aromatic heterocycles. The molecule has 1 aliphatic rings. The molecule has 0 radical (unpaired) electrons. The van der Waals surface area contributed by atoms with Crippen LogP contribution in [0, 0.1) is 5.41 Å². The number of benzene rings is 2. The van der Waals surface area contributed by atoms with Gasteiger partial charge >= 0.3 is 23.8 Å². The lowest BCUT2D eigenvalue weighted by Crippen LogP contribution is -2.53. The molecule has 0 unspecified atom stereocenters. The fraction of sp³-hybridized carbons (Fsp3) is 0.412. The lowest BCUT2D eigenvalue weighted by Gasteiger charge is -2.36. The average molecular weight is 653 g/mol. The molecule has 2 aromatic rings. The Morgan fingerprint density at radius 1 is 1.04 bits per heavy atom. The van der Waals surface area contributed by atoms with Crippen LogP contribution in [-0.4, -0.2) is 78.9 Å². The Hall–Kier alpha value is -5.20. The topological polar surface area (TPSA) is 175 Å². The maximum absolute atomic E-state index is 13.8. The number of carbonyl (C=O) groups is 6. The van der Waals surface area contributed by atoms with E-state index < -0.39 is 53.1 Å². The number of piperidine rings is 1. The van der Waals surface area contributed by atoms with Gasteiger partial charge in [0.05, 0.1) is 19.6 Å². The van der Waals surface area contributed by atoms with Crippen LogP contribution in [0.25, 0.3) is 0 Å². The van der Waals surface area contributed by atoms with Gasteiger partial charge in [0, 0.05) is 18.3 Å². The van der Waals surface area contributed by atoms with E-state index in [-0.39, 0.29) is 31.7 Å². The Morgan fingerprint density at radius 2 is 1.77 bits per heavy atom. The van der Waals surface area contributed by atoms with Gasteiger partial charge in [-0.3, -0.25) is 14.4 Å². The van der Waals surface area contributed by atoms with E-state index in [1.165, 1.54) is 45.1 Å². The lowest BCUT2D eigenvalue weighted by molar-refractivity contribution is -0.165. The Balaban J connectivity index is 1.87. The van der Waals surface area contributed by atoms with E-state index in [9.17, 15) is 28.8 Å². The molecule has 0 saturated carbocycles. The van der Waals surface area contributed by atoms with Crippen molar-refractivity contribution >= 4 is 41.2 Å². The van der Waals surface area contributed by atoms with Gasteiger partial charge in [0.15, 0.2) is 11.5 Å². The minimum absolute atomic E-state index is 0.153. The molecule has 13 nitrogen and oxygen atoms in total. The van der Waals surface area contributed by atoms with Crippen LogP contribution in [0.15, 0.2) is 55.1 Å². The molecule has 2 atom stereocenters. The second-order valence-electron chi connectivity index (χ2n) is 11.6. The third kappa shape index (κ3) is 9.65. The van der Waals surface area contributed by atoms with E-state index in [4.69, 9.17) is 24.1 Å². The number of carboxylic acids is 1. The SMILES string of the molecule is C=CC(=O)OCC(C)(C)C(=O)C(=O)N1CCCC[C@H]1C(=O)O[C@H](CCc1ccc(OC)c(OC)c1)c1cccc(NC(=O)C(=O)O)c1. The average Bonchev–Trinajstić information content (AvgIpc) is 3.07. The number of aryl methyl sites for hydroxylation is 1. The molecular formula is C34H40N2O11. The Bertz CT molecular complexity index is 1520. The van der Waals surface area contributed by atoms with Crippen molar-refractivity contribution in [2.75, 3.05) is 32.7 Å². The Morgan fingerprint density at radius 3 is 2.43 bits per heavy atom. The maximum atomic E-state index is 13.8. The van der Waals surface area contributed by atoms with Crippen molar-refractivity contribution in [2.24, 2.45) is 5.41 Å². The number of carboxylic acid groups (broad SMARTS) is 1. The first-order chi connectivity index (χ1) is 22.3. The number of ether oxygens (including phenoxy) is 4. The molecule has 47 heavy (non-hydrogen) atoms. The zero-order chi connectivity index (χ0) is 34.7. The number of esters is 2. The number of anilines is 1. The number of nitrogens with one attached hydrogen (secondary N) is 1. The number of methoxy groups -OCH3 is 2. The first-order valence-corrected chi connectivity index (χ1v) is 15.0. The summed E-state index contributed by atoms with van der Waals surface area (Å²) >= 11 is 0. The number of nitrogens with zero attached hydrogens (tertiary/aromatic N) is 1. The highest BCUT2D eigenvalue weighted by Crippen LogP contribution is 2.32. The van der Waals surface area contributed by atoms with E-state index in [1.807, 2.05) is 6.07 Å². The standard InChI is InChI=1S/C34H40N2O11/c1-6-28(37)46-20-34(2,3)29(38)31(40)36-17-8-7-12-24(36)33(43)47-25(15-13-21-14-16-26(44-4)27(18-21)45-5)22-10-9-11-23(19-22)35-30(39)32(41)42/h6,9-11,14,16,18-19,24-25H,1,7-8,12-13,15,17,20H2,2-5H3,(H,35,39)(H,41,42)/t24-,25+/m0/s1. The molecule has 0 aliphatic carbocycles. The van der Waals surface area contributed by atoms with Crippen molar-refractivity contribution in [1.29, 1.82) is 0 Å². The van der Waals surface area contributed by atoms with Crippen molar-refractivity contribution in [3.63, 3.8) is 0 Å². The quantitative estimate of drug-likeness (QED) is 0.173. The zero-order valence-electron chi connectivity index (χ0n) is 26.9. The summed E-state index contributed by atoms with van der Waals surface area (Å²) in [7, 11) is 3.04. The van der Waals surface area contributed by atoms with E-state index in [0.717, 1.165) is 11.6 Å². The summed E-state index contributed by atoms with van der Waals surface area (Å²) in [4.78, 5) is 76.1. The van der Waals surface area contributed by atoms with E-state index in [1.54, 1.807) is 24.3 Å². The van der Waals surface area contributed by atoms with Crippen LogP contribution in [0.3, 0.4) is 0 Å². The molecular weight excluding hydrogens is 612 g/mol. The van der Waals surface area contributed by atoms with E-state index >= 15 is 0 Å². The summed E-state index contributed by atoms with van der Waals surface area (Å²) < 4.78 is 21.8. The van der Waals surface area contributed by atoms with Crippen LogP contribution in [0.2, 0.25) is 0 Å². The molecule has 13 heteroatoms. The van der Waals surface area contributed by atoms with Crippen molar-refractivity contribution < 1.29 is 52.8 Å². The molecule has 2 aromatic carbocycles. The molecule has 0 bridgehead atoms. The number of aliphatic carboxylic acids is 1. The second-order valence-corrected chi connectivity index (χ2v) is 11.6. The number of Topliss-reactive ketones (excluding diaryl/α,β-unsaturated/α-hetero) is 1. The van der Waals surface area contributed by atoms with Gasteiger partial charge in [-0.1, -0.05) is 24.8 Å². The first-order valence-electron chi connectivity index (χ1n) is 15.0. The fourth-order valence-corrected chi connectivity index (χ4v) is 5.06. The molecule has 2 amide bonds. The number of rotatable bonds is 14. The largest absolute Gasteiger partial charge is 0.493 e.